The summed E-state index contributed by atoms with van der Waals surface area (Å²) in [5.74, 6) is 0.310. The number of nitrogens with zero attached hydrogens (tertiary/aromatic N) is 2. The van der Waals surface area contributed by atoms with Gasteiger partial charge in [0.25, 0.3) is 15.9 Å². The number of methoxy groups -OCH3 is 1. The molecule has 2 aromatic carbocycles. The van der Waals surface area contributed by atoms with Crippen molar-refractivity contribution in [1.29, 1.82) is 0 Å². The summed E-state index contributed by atoms with van der Waals surface area (Å²) in [6.07, 6.45) is 0. The number of aromatic nitrogens is 2. The van der Waals surface area contributed by atoms with Gasteiger partial charge in [-0.05, 0) is 43.2 Å². The van der Waals surface area contributed by atoms with Crippen molar-refractivity contribution in [3.8, 4) is 5.75 Å². The van der Waals surface area contributed by atoms with Crippen molar-refractivity contribution < 1.29 is 17.9 Å². The first-order valence-corrected chi connectivity index (χ1v) is 11.0. The second-order valence-corrected chi connectivity index (χ2v) is 9.12. The average Bonchev–Trinajstić information content (AvgIpc) is 3.17. The molecule has 10 heteroatoms. The lowest BCUT2D eigenvalue weighted by Crippen LogP contribution is -2.26. The Kier molecular flexibility index (Phi) is 6.26. The highest BCUT2D eigenvalue weighted by Gasteiger charge is 2.24. The molecule has 1 atom stereocenters. The SMILES string of the molecule is COc1ccc(C(C)NS(=O)(=O)c2nnc(NC(=O)c3ccccc3C)s2)cc1. The molecule has 0 saturated carbocycles. The number of hydrogen-bond acceptors (Lipinski definition) is 7. The first kappa shape index (κ1) is 20.9. The molecule has 0 radical (unpaired) electrons. The third-order valence-electron chi connectivity index (χ3n) is 4.19. The monoisotopic (exact) mass is 432 g/mol. The van der Waals surface area contributed by atoms with Crippen LogP contribution in [0, 0.1) is 6.92 Å². The number of nitrogens with one attached hydrogen (secondary N) is 2. The summed E-state index contributed by atoms with van der Waals surface area (Å²) in [5, 5.41) is 10.2. The van der Waals surface area contributed by atoms with Crippen molar-refractivity contribution in [3.05, 3.63) is 65.2 Å². The molecule has 8 nitrogen and oxygen atoms in total. The molecule has 1 unspecified atom stereocenters. The second-order valence-electron chi connectivity index (χ2n) is 6.26. The molecular formula is C19H20N4O4S2. The van der Waals surface area contributed by atoms with Crippen LogP contribution >= 0.6 is 11.3 Å². The number of sulfonamides is 1. The van der Waals surface area contributed by atoms with Gasteiger partial charge >= 0.3 is 0 Å². The Balaban J connectivity index is 1.71. The van der Waals surface area contributed by atoms with E-state index in [-0.39, 0.29) is 15.4 Å². The maximum Gasteiger partial charge on any atom is 0.270 e. The Morgan fingerprint density at radius 1 is 1.10 bits per heavy atom. The number of benzene rings is 2. The number of ether oxygens (including phenoxy) is 1. The highest BCUT2D eigenvalue weighted by Crippen LogP contribution is 2.24. The lowest BCUT2D eigenvalue weighted by Gasteiger charge is -2.13. The zero-order valence-electron chi connectivity index (χ0n) is 16.0. The summed E-state index contributed by atoms with van der Waals surface area (Å²) in [6, 6.07) is 13.7. The van der Waals surface area contributed by atoms with Crippen LogP contribution in [0.3, 0.4) is 0 Å². The van der Waals surface area contributed by atoms with Crippen molar-refractivity contribution in [3.63, 3.8) is 0 Å². The van der Waals surface area contributed by atoms with E-state index in [1.165, 1.54) is 0 Å². The van der Waals surface area contributed by atoms with E-state index in [0.717, 1.165) is 22.5 Å². The van der Waals surface area contributed by atoms with Crippen LogP contribution in [-0.2, 0) is 10.0 Å². The minimum absolute atomic E-state index is 0.107. The first-order chi connectivity index (χ1) is 13.8. The van der Waals surface area contributed by atoms with Crippen molar-refractivity contribution in [2.75, 3.05) is 12.4 Å². The van der Waals surface area contributed by atoms with Gasteiger partial charge in [-0.2, -0.15) is 0 Å². The molecule has 0 aliphatic heterocycles. The minimum Gasteiger partial charge on any atom is -0.497 e. The van der Waals surface area contributed by atoms with Crippen LogP contribution in [-0.4, -0.2) is 31.6 Å². The van der Waals surface area contributed by atoms with Crippen molar-refractivity contribution in [2.45, 2.75) is 24.2 Å². The van der Waals surface area contributed by atoms with E-state index >= 15 is 0 Å². The fraction of sp³-hybridized carbons (Fsp3) is 0.211. The van der Waals surface area contributed by atoms with E-state index in [9.17, 15) is 13.2 Å². The number of anilines is 1. The van der Waals surface area contributed by atoms with Crippen molar-refractivity contribution in [1.82, 2.24) is 14.9 Å². The van der Waals surface area contributed by atoms with Crippen LogP contribution in [0.5, 0.6) is 5.75 Å². The summed E-state index contributed by atoms with van der Waals surface area (Å²) in [7, 11) is -2.34. The zero-order chi connectivity index (χ0) is 21.0. The van der Waals surface area contributed by atoms with Crippen molar-refractivity contribution >= 4 is 32.4 Å². The van der Waals surface area contributed by atoms with E-state index in [1.54, 1.807) is 50.4 Å². The van der Waals surface area contributed by atoms with Gasteiger partial charge in [0.1, 0.15) is 5.75 Å². The molecule has 2 N–H and O–H groups in total. The highest BCUT2D eigenvalue weighted by molar-refractivity contribution is 7.91. The molecule has 0 saturated heterocycles. The summed E-state index contributed by atoms with van der Waals surface area (Å²) >= 11 is 0.787. The quantitative estimate of drug-likeness (QED) is 0.555. The molecule has 0 fully saturated rings. The number of aryl methyl sites for hydroxylation is 1. The molecule has 3 aromatic rings. The third-order valence-corrected chi connectivity index (χ3v) is 6.94. The molecule has 0 bridgehead atoms. The number of hydrogen-bond donors (Lipinski definition) is 2. The predicted molar refractivity (Wildman–Crippen MR) is 111 cm³/mol. The molecule has 0 aliphatic carbocycles. The zero-order valence-corrected chi connectivity index (χ0v) is 17.7. The summed E-state index contributed by atoms with van der Waals surface area (Å²) in [5.41, 5.74) is 2.06. The van der Waals surface area contributed by atoms with Crippen LogP contribution in [0.15, 0.2) is 52.9 Å². The van der Waals surface area contributed by atoms with Crippen LogP contribution in [0.4, 0.5) is 5.13 Å². The molecule has 0 spiro atoms. The van der Waals surface area contributed by atoms with Gasteiger partial charge in [0, 0.05) is 11.6 Å². The fourth-order valence-electron chi connectivity index (χ4n) is 2.60. The van der Waals surface area contributed by atoms with Gasteiger partial charge in [-0.1, -0.05) is 41.7 Å². The number of carbonyl (C=O) groups excluding carboxylic acids is 1. The summed E-state index contributed by atoms with van der Waals surface area (Å²) in [4.78, 5) is 12.4. The van der Waals surface area contributed by atoms with Gasteiger partial charge in [-0.15, -0.1) is 10.2 Å². The lowest BCUT2D eigenvalue weighted by molar-refractivity contribution is 0.102. The average molecular weight is 433 g/mol. The number of carbonyl (C=O) groups is 1. The van der Waals surface area contributed by atoms with Gasteiger partial charge in [0.15, 0.2) is 0 Å². The Morgan fingerprint density at radius 2 is 1.79 bits per heavy atom. The first-order valence-electron chi connectivity index (χ1n) is 8.67. The van der Waals surface area contributed by atoms with Gasteiger partial charge in [-0.25, -0.2) is 13.1 Å². The molecule has 1 aromatic heterocycles. The maximum atomic E-state index is 12.6. The van der Waals surface area contributed by atoms with E-state index in [0.29, 0.717) is 11.3 Å². The van der Waals surface area contributed by atoms with Gasteiger partial charge in [0.05, 0.1) is 7.11 Å². The highest BCUT2D eigenvalue weighted by atomic mass is 32.2. The smallest absolute Gasteiger partial charge is 0.270 e. The van der Waals surface area contributed by atoms with Gasteiger partial charge in [0.2, 0.25) is 9.47 Å². The lowest BCUT2D eigenvalue weighted by atomic mass is 10.1. The van der Waals surface area contributed by atoms with Gasteiger partial charge < -0.3 is 4.74 Å². The molecule has 29 heavy (non-hydrogen) atoms. The molecule has 3 rings (SSSR count). The molecule has 0 aliphatic rings. The van der Waals surface area contributed by atoms with Crippen LogP contribution in [0.2, 0.25) is 0 Å². The van der Waals surface area contributed by atoms with E-state index in [1.807, 2.05) is 19.1 Å². The topological polar surface area (TPSA) is 110 Å². The predicted octanol–water partition coefficient (Wildman–Crippen LogP) is 3.15. The third kappa shape index (κ3) is 4.97. The molecule has 1 amide bonds. The molecular weight excluding hydrogens is 412 g/mol. The van der Waals surface area contributed by atoms with Crippen LogP contribution < -0.4 is 14.8 Å². The maximum absolute atomic E-state index is 12.6. The fourth-order valence-corrected chi connectivity index (χ4v) is 4.75. The molecule has 152 valence electrons. The Hall–Kier alpha value is -2.82. The Morgan fingerprint density at radius 3 is 2.45 bits per heavy atom. The van der Waals surface area contributed by atoms with Gasteiger partial charge in [-0.3, -0.25) is 10.1 Å². The Bertz CT molecular complexity index is 1110. The second kappa shape index (κ2) is 8.68. The Labute approximate surface area is 173 Å². The normalized spacial score (nSPS) is 12.4. The minimum atomic E-state index is -3.90. The largest absolute Gasteiger partial charge is 0.497 e. The van der Waals surface area contributed by atoms with Crippen LogP contribution in [0.1, 0.15) is 34.5 Å². The standard InChI is InChI=1S/C19H20N4O4S2/c1-12-6-4-5-7-16(12)17(24)20-18-21-22-19(28-18)29(25,26)23-13(2)14-8-10-15(27-3)11-9-14/h4-11,13,23H,1-3H3,(H,20,21,24). The van der Waals surface area contributed by atoms with Crippen molar-refractivity contribution in [2.24, 2.45) is 0 Å². The summed E-state index contributed by atoms with van der Waals surface area (Å²) < 4.78 is 32.7. The number of rotatable bonds is 7. The van der Waals surface area contributed by atoms with Crippen LogP contribution in [0.25, 0.3) is 0 Å². The summed E-state index contributed by atoms with van der Waals surface area (Å²) in [6.45, 7) is 3.54. The van der Waals surface area contributed by atoms with E-state index in [4.69, 9.17) is 4.74 Å². The number of amides is 1. The molecule has 1 heterocycles. The van der Waals surface area contributed by atoms with E-state index in [2.05, 4.69) is 20.2 Å². The van der Waals surface area contributed by atoms with E-state index < -0.39 is 16.1 Å².